The maximum atomic E-state index is 12.3. The lowest BCUT2D eigenvalue weighted by molar-refractivity contribution is 0.0578. The molecule has 3 aromatic heterocycles. The van der Waals surface area contributed by atoms with Gasteiger partial charge >= 0.3 is 6.03 Å². The number of fused-ring (bicyclic) bond motifs is 4. The van der Waals surface area contributed by atoms with Gasteiger partial charge in [0, 0.05) is 18.5 Å². The van der Waals surface area contributed by atoms with Crippen LogP contribution in [0, 0.1) is 0 Å². The molecule has 0 spiro atoms. The van der Waals surface area contributed by atoms with Crippen LogP contribution in [0.1, 0.15) is 29.5 Å². The molecule has 3 aromatic rings. The Balaban J connectivity index is 1.22. The highest BCUT2D eigenvalue weighted by Gasteiger charge is 2.43. The van der Waals surface area contributed by atoms with Crippen molar-refractivity contribution >= 4 is 28.5 Å². The Morgan fingerprint density at radius 1 is 1.29 bits per heavy atom. The van der Waals surface area contributed by atoms with Crippen LogP contribution in [0.15, 0.2) is 28.8 Å². The summed E-state index contributed by atoms with van der Waals surface area (Å²) < 4.78 is 17.2. The molecule has 3 aliphatic rings. The molecule has 1 saturated heterocycles. The van der Waals surface area contributed by atoms with E-state index >= 15 is 0 Å². The Morgan fingerprint density at radius 2 is 2.18 bits per heavy atom. The number of anilines is 2. The Kier molecular flexibility index (Phi) is 5.35. The summed E-state index contributed by atoms with van der Waals surface area (Å²) >= 11 is 1.44. The van der Waals surface area contributed by atoms with E-state index in [0.717, 1.165) is 10.6 Å². The number of aliphatic hydroxyl groups excluding tert-OH is 1. The molecule has 0 radical (unpaired) electrons. The molecule has 2 atom stereocenters. The van der Waals surface area contributed by atoms with Crippen LogP contribution in [0.25, 0.3) is 11.5 Å². The number of aliphatic hydroxyl groups is 1. The van der Waals surface area contributed by atoms with Gasteiger partial charge in [0.1, 0.15) is 5.69 Å². The number of aromatic nitrogens is 3. The third-order valence-electron chi connectivity index (χ3n) is 6.34. The van der Waals surface area contributed by atoms with Crippen LogP contribution >= 0.6 is 11.3 Å². The lowest BCUT2D eigenvalue weighted by Gasteiger charge is -2.43. The van der Waals surface area contributed by atoms with Gasteiger partial charge in [-0.3, -0.25) is 5.32 Å². The van der Waals surface area contributed by atoms with Crippen molar-refractivity contribution in [2.45, 2.75) is 43.5 Å². The summed E-state index contributed by atoms with van der Waals surface area (Å²) in [4.78, 5) is 29.1. The fraction of sp³-hybridized carbons (Fsp3) is 0.455. The summed E-state index contributed by atoms with van der Waals surface area (Å²) in [6.45, 7) is 1.02. The normalized spacial score (nSPS) is 25.3. The molecule has 5 heterocycles. The quantitative estimate of drug-likeness (QED) is 0.499. The Morgan fingerprint density at radius 3 is 3.00 bits per heavy atom. The number of thiazole rings is 1. The molecule has 178 valence electrons. The maximum Gasteiger partial charge on any atom is 0.321 e. The standard InChI is InChI=1S/C22H24N6O5S/c1-31-18-4-2-3-14(25-18)17-8-23-22(33-17)28-12-7-15-19(16(28)10-32-9-12)34-21(26-15)27-20(30)24-11-5-13(29)6-11/h2-4,8,11-13,16,29H,5-7,9-10H2,1H3,(H2,24,26,27,30)/t11-,12-,13-,16-/m0/s1. The summed E-state index contributed by atoms with van der Waals surface area (Å²) in [7, 11) is 1.57. The summed E-state index contributed by atoms with van der Waals surface area (Å²) in [6.07, 6.45) is 3.18. The Labute approximate surface area is 199 Å². The van der Waals surface area contributed by atoms with Gasteiger partial charge in [-0.2, -0.15) is 0 Å². The van der Waals surface area contributed by atoms with Crippen LogP contribution in [-0.2, 0) is 11.2 Å². The van der Waals surface area contributed by atoms with Gasteiger partial charge < -0.3 is 29.2 Å². The second-order valence-corrected chi connectivity index (χ2v) is 9.67. The predicted molar refractivity (Wildman–Crippen MR) is 123 cm³/mol. The smallest absolute Gasteiger partial charge is 0.321 e. The molecule has 0 aromatic carbocycles. The number of morpholine rings is 1. The minimum Gasteiger partial charge on any atom is -0.481 e. The zero-order valence-electron chi connectivity index (χ0n) is 18.4. The van der Waals surface area contributed by atoms with Crippen LogP contribution < -0.4 is 20.3 Å². The number of rotatable bonds is 5. The third-order valence-corrected chi connectivity index (χ3v) is 7.46. The number of urea groups is 1. The Hall–Kier alpha value is -3.22. The maximum absolute atomic E-state index is 12.3. The third kappa shape index (κ3) is 3.87. The fourth-order valence-corrected chi connectivity index (χ4v) is 5.69. The summed E-state index contributed by atoms with van der Waals surface area (Å²) in [5.74, 6) is 1.06. The molecule has 2 amide bonds. The number of hydrogen-bond acceptors (Lipinski definition) is 10. The van der Waals surface area contributed by atoms with Gasteiger partial charge in [0.2, 0.25) is 5.88 Å². The van der Waals surface area contributed by atoms with Crippen molar-refractivity contribution in [3.63, 3.8) is 0 Å². The number of hydrogen-bond donors (Lipinski definition) is 3. The number of ether oxygens (including phenoxy) is 2. The van der Waals surface area contributed by atoms with E-state index in [9.17, 15) is 9.90 Å². The van der Waals surface area contributed by atoms with Crippen LogP contribution in [0.2, 0.25) is 0 Å². The first kappa shape index (κ1) is 21.3. The average Bonchev–Trinajstić information content (AvgIpc) is 3.45. The van der Waals surface area contributed by atoms with Crippen molar-refractivity contribution in [1.82, 2.24) is 20.3 Å². The fourth-order valence-electron chi connectivity index (χ4n) is 4.62. The topological polar surface area (TPSA) is 135 Å². The Bertz CT molecular complexity index is 1210. The lowest BCUT2D eigenvalue weighted by atomic mass is 9.90. The molecule has 12 heteroatoms. The number of methoxy groups -OCH3 is 1. The van der Waals surface area contributed by atoms with E-state index in [1.54, 1.807) is 19.4 Å². The minimum absolute atomic E-state index is 0.00554. The molecule has 11 nitrogen and oxygen atoms in total. The van der Waals surface area contributed by atoms with E-state index < -0.39 is 0 Å². The van der Waals surface area contributed by atoms with Crippen LogP contribution in [0.3, 0.4) is 0 Å². The van der Waals surface area contributed by atoms with Gasteiger partial charge in [0.15, 0.2) is 10.9 Å². The SMILES string of the molecule is COc1cccc(-c2cnc(N3[C@@H]4COC[C@H]3c3sc(NC(=O)N[C@H]5C[C@H](O)C5)nc3C4)o2)n1. The van der Waals surface area contributed by atoms with Crippen LogP contribution in [0.4, 0.5) is 15.9 Å². The van der Waals surface area contributed by atoms with Gasteiger partial charge in [0.25, 0.3) is 6.01 Å². The van der Waals surface area contributed by atoms with E-state index in [4.69, 9.17) is 13.9 Å². The highest BCUT2D eigenvalue weighted by molar-refractivity contribution is 7.16. The molecule has 2 bridgehead atoms. The largest absolute Gasteiger partial charge is 0.481 e. The number of carbonyl (C=O) groups is 1. The first-order valence-electron chi connectivity index (χ1n) is 11.2. The van der Waals surface area contributed by atoms with Crippen molar-refractivity contribution in [3.05, 3.63) is 35.0 Å². The van der Waals surface area contributed by atoms with Crippen molar-refractivity contribution in [2.24, 2.45) is 0 Å². The molecular weight excluding hydrogens is 460 g/mol. The lowest BCUT2D eigenvalue weighted by Crippen LogP contribution is -2.51. The molecule has 3 N–H and O–H groups in total. The predicted octanol–water partition coefficient (Wildman–Crippen LogP) is 2.35. The van der Waals surface area contributed by atoms with Gasteiger partial charge in [-0.15, -0.1) is 0 Å². The second-order valence-electron chi connectivity index (χ2n) is 8.64. The number of carbonyl (C=O) groups excluding carboxylic acids is 1. The van der Waals surface area contributed by atoms with Crippen molar-refractivity contribution in [3.8, 4) is 17.3 Å². The first-order valence-corrected chi connectivity index (χ1v) is 12.0. The summed E-state index contributed by atoms with van der Waals surface area (Å²) in [6, 6.07) is 5.61. The number of oxazole rings is 1. The van der Waals surface area contributed by atoms with Crippen LogP contribution in [-0.4, -0.2) is 64.6 Å². The number of pyridine rings is 1. The molecule has 34 heavy (non-hydrogen) atoms. The first-order chi connectivity index (χ1) is 16.6. The van der Waals surface area contributed by atoms with Gasteiger partial charge in [-0.1, -0.05) is 17.4 Å². The van der Waals surface area contributed by atoms with E-state index in [2.05, 4.69) is 30.5 Å². The van der Waals surface area contributed by atoms with Crippen LogP contribution in [0.5, 0.6) is 5.88 Å². The van der Waals surface area contributed by atoms with Gasteiger partial charge in [-0.25, -0.2) is 19.7 Å². The summed E-state index contributed by atoms with van der Waals surface area (Å²) in [5.41, 5.74) is 1.61. The highest BCUT2D eigenvalue weighted by Crippen LogP contribution is 2.43. The molecule has 2 fully saturated rings. The molecule has 1 saturated carbocycles. The van der Waals surface area contributed by atoms with Crippen molar-refractivity contribution < 1.29 is 23.8 Å². The molecular formula is C22H24N6O5S. The highest BCUT2D eigenvalue weighted by atomic mass is 32.1. The molecule has 0 unspecified atom stereocenters. The van der Waals surface area contributed by atoms with Gasteiger partial charge in [0.05, 0.1) is 55.3 Å². The van der Waals surface area contributed by atoms with E-state index in [-0.39, 0.29) is 30.3 Å². The minimum atomic E-state index is -0.321. The van der Waals surface area contributed by atoms with Crippen molar-refractivity contribution in [1.29, 1.82) is 0 Å². The van der Waals surface area contributed by atoms with E-state index in [1.807, 2.05) is 12.1 Å². The number of nitrogens with one attached hydrogen (secondary N) is 2. The number of nitrogens with zero attached hydrogens (tertiary/aromatic N) is 4. The van der Waals surface area contributed by atoms with Crippen molar-refractivity contribution in [2.75, 3.05) is 30.5 Å². The zero-order valence-corrected chi connectivity index (χ0v) is 19.2. The average molecular weight is 485 g/mol. The zero-order chi connectivity index (χ0) is 23.2. The monoisotopic (exact) mass is 484 g/mol. The van der Waals surface area contributed by atoms with Gasteiger partial charge in [-0.05, 0) is 18.9 Å². The number of amides is 2. The summed E-state index contributed by atoms with van der Waals surface area (Å²) in [5, 5.41) is 15.7. The second kappa shape index (κ2) is 8.53. The van der Waals surface area contributed by atoms with E-state index in [0.29, 0.717) is 61.0 Å². The molecule has 1 aliphatic carbocycles. The molecule has 6 rings (SSSR count). The van der Waals surface area contributed by atoms with E-state index in [1.165, 1.54) is 11.3 Å². The molecule has 2 aliphatic heterocycles.